The van der Waals surface area contributed by atoms with Gasteiger partial charge in [0.15, 0.2) is 0 Å². The first kappa shape index (κ1) is 12.3. The standard InChI is InChI=1S/C11H16N2O3S/c14-10-7-9(16-12-10)8-1-4-13(5-2-8)11(15)3-6-17/h7-8,17H,1-6H2,(H,12,14). The van der Waals surface area contributed by atoms with Gasteiger partial charge in [-0.15, -0.1) is 0 Å². The SMILES string of the molecule is O=C(CCS)N1CCC(c2cc(=O)[nH]o2)CC1. The van der Waals surface area contributed by atoms with Gasteiger partial charge in [0.2, 0.25) is 5.91 Å². The number of carbonyl (C=O) groups excluding carboxylic acids is 1. The van der Waals surface area contributed by atoms with Crippen LogP contribution in [0.5, 0.6) is 0 Å². The largest absolute Gasteiger partial charge is 0.383 e. The molecule has 0 atom stereocenters. The Balaban J connectivity index is 1.90. The van der Waals surface area contributed by atoms with Crippen LogP contribution in [0, 0.1) is 0 Å². The van der Waals surface area contributed by atoms with Crippen molar-refractivity contribution in [3.63, 3.8) is 0 Å². The first-order valence-electron chi connectivity index (χ1n) is 5.77. The van der Waals surface area contributed by atoms with Gasteiger partial charge in [-0.1, -0.05) is 0 Å². The quantitative estimate of drug-likeness (QED) is 0.793. The normalized spacial score (nSPS) is 17.4. The Bertz CT molecular complexity index is 432. The van der Waals surface area contributed by atoms with Crippen LogP contribution in [-0.2, 0) is 4.79 Å². The van der Waals surface area contributed by atoms with E-state index >= 15 is 0 Å². The van der Waals surface area contributed by atoms with Crippen molar-refractivity contribution in [1.82, 2.24) is 10.1 Å². The molecule has 0 unspecified atom stereocenters. The van der Waals surface area contributed by atoms with Gasteiger partial charge in [0, 0.05) is 31.5 Å². The average molecular weight is 256 g/mol. The van der Waals surface area contributed by atoms with E-state index in [1.54, 1.807) is 0 Å². The lowest BCUT2D eigenvalue weighted by Gasteiger charge is -2.30. The summed E-state index contributed by atoms with van der Waals surface area (Å²) in [6, 6.07) is 1.50. The fourth-order valence-electron chi connectivity index (χ4n) is 2.17. The molecule has 1 aliphatic heterocycles. The van der Waals surface area contributed by atoms with Crippen LogP contribution in [0.1, 0.15) is 30.9 Å². The molecule has 1 aliphatic rings. The predicted molar refractivity (Wildman–Crippen MR) is 66.4 cm³/mol. The van der Waals surface area contributed by atoms with Crippen molar-refractivity contribution in [2.24, 2.45) is 0 Å². The molecule has 0 bridgehead atoms. The molecule has 5 nitrogen and oxygen atoms in total. The summed E-state index contributed by atoms with van der Waals surface area (Å²) in [5, 5.41) is 2.30. The van der Waals surface area contributed by atoms with Crippen molar-refractivity contribution in [3.8, 4) is 0 Å². The number of piperidine rings is 1. The van der Waals surface area contributed by atoms with E-state index in [2.05, 4.69) is 17.8 Å². The summed E-state index contributed by atoms with van der Waals surface area (Å²) in [6.45, 7) is 1.46. The van der Waals surface area contributed by atoms with Crippen molar-refractivity contribution in [2.75, 3.05) is 18.8 Å². The second kappa shape index (κ2) is 5.44. The second-order valence-electron chi connectivity index (χ2n) is 4.24. The maximum absolute atomic E-state index is 11.6. The Morgan fingerprint density at radius 2 is 2.24 bits per heavy atom. The zero-order valence-electron chi connectivity index (χ0n) is 9.52. The Labute approximate surface area is 105 Å². The highest BCUT2D eigenvalue weighted by atomic mass is 32.1. The number of rotatable bonds is 3. The van der Waals surface area contributed by atoms with E-state index in [1.165, 1.54) is 6.07 Å². The first-order chi connectivity index (χ1) is 8.20. The van der Waals surface area contributed by atoms with Crippen molar-refractivity contribution in [2.45, 2.75) is 25.2 Å². The van der Waals surface area contributed by atoms with E-state index in [1.807, 2.05) is 4.90 Å². The highest BCUT2D eigenvalue weighted by Crippen LogP contribution is 2.27. The minimum absolute atomic E-state index is 0.161. The minimum Gasteiger partial charge on any atom is -0.383 e. The number of thiol groups is 1. The summed E-state index contributed by atoms with van der Waals surface area (Å²) in [6.07, 6.45) is 2.19. The number of carbonyl (C=O) groups is 1. The molecule has 1 aromatic heterocycles. The fraction of sp³-hybridized carbons (Fsp3) is 0.636. The Hall–Kier alpha value is -1.17. The Kier molecular flexibility index (Phi) is 3.93. The van der Waals surface area contributed by atoms with Gasteiger partial charge in [-0.25, -0.2) is 0 Å². The maximum Gasteiger partial charge on any atom is 0.280 e. The zero-order valence-corrected chi connectivity index (χ0v) is 10.4. The van der Waals surface area contributed by atoms with E-state index in [4.69, 9.17) is 4.52 Å². The van der Waals surface area contributed by atoms with Gasteiger partial charge in [-0.2, -0.15) is 17.8 Å². The number of hydrogen-bond acceptors (Lipinski definition) is 4. The highest BCUT2D eigenvalue weighted by Gasteiger charge is 2.25. The molecule has 2 heterocycles. The van der Waals surface area contributed by atoms with Crippen LogP contribution in [0.3, 0.4) is 0 Å². The summed E-state index contributed by atoms with van der Waals surface area (Å²) >= 11 is 4.06. The second-order valence-corrected chi connectivity index (χ2v) is 4.69. The number of likely N-dealkylation sites (tertiary alicyclic amines) is 1. The van der Waals surface area contributed by atoms with Gasteiger partial charge in [-0.3, -0.25) is 9.59 Å². The van der Waals surface area contributed by atoms with Crippen molar-refractivity contribution in [3.05, 3.63) is 22.2 Å². The lowest BCUT2D eigenvalue weighted by molar-refractivity contribution is -0.131. The third-order valence-corrected chi connectivity index (χ3v) is 3.34. The number of H-pyrrole nitrogens is 1. The van der Waals surface area contributed by atoms with Gasteiger partial charge in [0.05, 0.1) is 0 Å². The summed E-state index contributed by atoms with van der Waals surface area (Å²) in [5.41, 5.74) is -0.200. The van der Waals surface area contributed by atoms with Crippen molar-refractivity contribution >= 4 is 18.5 Å². The highest BCUT2D eigenvalue weighted by molar-refractivity contribution is 7.80. The van der Waals surface area contributed by atoms with Crippen LogP contribution in [0.15, 0.2) is 15.4 Å². The molecule has 6 heteroatoms. The van der Waals surface area contributed by atoms with Crippen LogP contribution in [0.2, 0.25) is 0 Å². The number of amides is 1. The van der Waals surface area contributed by atoms with Gasteiger partial charge in [-0.05, 0) is 18.6 Å². The lowest BCUT2D eigenvalue weighted by atomic mass is 9.94. The molecule has 0 aromatic carbocycles. The summed E-state index contributed by atoms with van der Waals surface area (Å²) in [5.74, 6) is 1.70. The molecule has 0 spiro atoms. The van der Waals surface area contributed by atoms with Gasteiger partial charge < -0.3 is 9.42 Å². The van der Waals surface area contributed by atoms with Gasteiger partial charge in [0.25, 0.3) is 5.56 Å². The minimum atomic E-state index is -0.200. The van der Waals surface area contributed by atoms with Crippen LogP contribution in [0.25, 0.3) is 0 Å². The van der Waals surface area contributed by atoms with E-state index in [9.17, 15) is 9.59 Å². The number of aromatic amines is 1. The number of aromatic nitrogens is 1. The van der Waals surface area contributed by atoms with Crippen LogP contribution in [0.4, 0.5) is 0 Å². The molecule has 1 saturated heterocycles. The van der Waals surface area contributed by atoms with Crippen LogP contribution >= 0.6 is 12.6 Å². The molecule has 1 fully saturated rings. The fourth-order valence-corrected chi connectivity index (χ4v) is 2.36. The maximum atomic E-state index is 11.6. The monoisotopic (exact) mass is 256 g/mol. The molecule has 1 amide bonds. The summed E-state index contributed by atoms with van der Waals surface area (Å²) < 4.78 is 5.09. The molecule has 17 heavy (non-hydrogen) atoms. The first-order valence-corrected chi connectivity index (χ1v) is 6.41. The van der Waals surface area contributed by atoms with Crippen LogP contribution in [-0.4, -0.2) is 34.8 Å². The van der Waals surface area contributed by atoms with E-state index in [-0.39, 0.29) is 17.4 Å². The van der Waals surface area contributed by atoms with Gasteiger partial charge in [0.1, 0.15) is 5.76 Å². The van der Waals surface area contributed by atoms with E-state index < -0.39 is 0 Å². The summed E-state index contributed by atoms with van der Waals surface area (Å²) in [4.78, 5) is 24.5. The smallest absolute Gasteiger partial charge is 0.280 e. The Morgan fingerprint density at radius 1 is 1.53 bits per heavy atom. The number of nitrogens with zero attached hydrogens (tertiary/aromatic N) is 1. The molecule has 0 radical (unpaired) electrons. The molecule has 1 aromatic rings. The van der Waals surface area contributed by atoms with E-state index in [0.717, 1.165) is 25.9 Å². The lowest BCUT2D eigenvalue weighted by Crippen LogP contribution is -2.37. The van der Waals surface area contributed by atoms with Crippen LogP contribution < -0.4 is 5.56 Å². The number of nitrogens with one attached hydrogen (secondary N) is 1. The molecule has 0 saturated carbocycles. The predicted octanol–water partition coefficient (Wildman–Crippen LogP) is 0.994. The van der Waals surface area contributed by atoms with Crippen molar-refractivity contribution < 1.29 is 9.32 Å². The third kappa shape index (κ3) is 2.94. The molecule has 94 valence electrons. The third-order valence-electron chi connectivity index (χ3n) is 3.12. The van der Waals surface area contributed by atoms with Gasteiger partial charge >= 0.3 is 0 Å². The molecular weight excluding hydrogens is 240 g/mol. The summed E-state index contributed by atoms with van der Waals surface area (Å²) in [7, 11) is 0. The van der Waals surface area contributed by atoms with Crippen molar-refractivity contribution in [1.29, 1.82) is 0 Å². The van der Waals surface area contributed by atoms with E-state index in [0.29, 0.717) is 17.9 Å². The zero-order chi connectivity index (χ0) is 12.3. The molecule has 1 N–H and O–H groups in total. The molecule has 2 rings (SSSR count). The molecule has 0 aliphatic carbocycles. The number of hydrogen-bond donors (Lipinski definition) is 2. The Morgan fingerprint density at radius 3 is 2.76 bits per heavy atom. The molecular formula is C11H16N2O3S. The topological polar surface area (TPSA) is 66.3 Å². The average Bonchev–Trinajstić information content (AvgIpc) is 2.76.